The van der Waals surface area contributed by atoms with Crippen LogP contribution in [0.2, 0.25) is 0 Å². The largest absolute Gasteiger partial charge is 0.465 e. The number of fused-ring (bicyclic) bond motifs is 2. The molecule has 0 N–H and O–H groups in total. The van der Waals surface area contributed by atoms with Crippen LogP contribution in [0.1, 0.15) is 55.6 Å². The van der Waals surface area contributed by atoms with Gasteiger partial charge in [-0.1, -0.05) is 0 Å². The van der Waals surface area contributed by atoms with Crippen molar-refractivity contribution >= 4 is 5.97 Å². The molecule has 1 atom stereocenters. The van der Waals surface area contributed by atoms with Gasteiger partial charge in [0.25, 0.3) is 5.56 Å². The van der Waals surface area contributed by atoms with Crippen molar-refractivity contribution in [2.45, 2.75) is 57.9 Å². The fourth-order valence-electron chi connectivity index (χ4n) is 3.24. The maximum absolute atomic E-state index is 12.6. The Balaban J connectivity index is 2.07. The second-order valence-corrected chi connectivity index (χ2v) is 5.51. The average Bonchev–Trinajstić information content (AvgIpc) is 2.47. The highest BCUT2D eigenvalue weighted by atomic mass is 16.5. The van der Waals surface area contributed by atoms with E-state index in [1.165, 1.54) is 0 Å². The van der Waals surface area contributed by atoms with E-state index in [0.29, 0.717) is 19.0 Å². The number of ether oxygens (including phenoxy) is 1. The van der Waals surface area contributed by atoms with Gasteiger partial charge in [-0.25, -0.2) is 4.98 Å². The summed E-state index contributed by atoms with van der Waals surface area (Å²) in [5.41, 5.74) is 1.84. The van der Waals surface area contributed by atoms with Gasteiger partial charge in [0.2, 0.25) is 0 Å². The summed E-state index contributed by atoms with van der Waals surface area (Å²) >= 11 is 0. The normalized spacial score (nSPS) is 20.9. The number of hydrogen-bond acceptors (Lipinski definition) is 4. The van der Waals surface area contributed by atoms with E-state index >= 15 is 0 Å². The molecule has 1 unspecified atom stereocenters. The smallest absolute Gasteiger partial charge is 0.316 e. The number of nitrogens with zero attached hydrogens (tertiary/aromatic N) is 2. The molecule has 0 amide bonds. The van der Waals surface area contributed by atoms with E-state index in [2.05, 4.69) is 4.98 Å². The molecule has 1 aromatic rings. The maximum atomic E-state index is 12.6. The number of carbonyl (C=O) groups excluding carboxylic acids is 1. The van der Waals surface area contributed by atoms with E-state index in [-0.39, 0.29) is 17.4 Å². The lowest BCUT2D eigenvalue weighted by atomic mass is 9.94. The summed E-state index contributed by atoms with van der Waals surface area (Å²) in [5, 5.41) is 0. The molecule has 0 saturated heterocycles. The molecule has 0 bridgehead atoms. The van der Waals surface area contributed by atoms with Gasteiger partial charge in [0.15, 0.2) is 0 Å². The van der Waals surface area contributed by atoms with Crippen LogP contribution in [0.25, 0.3) is 0 Å². The van der Waals surface area contributed by atoms with Crippen molar-refractivity contribution < 1.29 is 9.53 Å². The molecule has 0 fully saturated rings. The molecule has 1 aliphatic carbocycles. The molecule has 108 valence electrons. The van der Waals surface area contributed by atoms with Gasteiger partial charge in [0.1, 0.15) is 11.7 Å². The molecule has 0 saturated carbocycles. The Morgan fingerprint density at radius 1 is 1.35 bits per heavy atom. The second-order valence-electron chi connectivity index (χ2n) is 5.51. The fourth-order valence-corrected chi connectivity index (χ4v) is 3.24. The van der Waals surface area contributed by atoms with E-state index in [0.717, 1.165) is 49.8 Å². The SMILES string of the molecule is CCOC(=O)C1CCCn2c1nc1c(c2=O)CCCC1. The van der Waals surface area contributed by atoms with Crippen molar-refractivity contribution in [2.75, 3.05) is 6.61 Å². The third-order valence-electron chi connectivity index (χ3n) is 4.23. The zero-order chi connectivity index (χ0) is 14.1. The zero-order valence-corrected chi connectivity index (χ0v) is 11.9. The quantitative estimate of drug-likeness (QED) is 0.769. The first-order valence-electron chi connectivity index (χ1n) is 7.51. The lowest BCUT2D eigenvalue weighted by Crippen LogP contribution is -2.37. The van der Waals surface area contributed by atoms with E-state index in [9.17, 15) is 9.59 Å². The minimum Gasteiger partial charge on any atom is -0.465 e. The molecule has 0 spiro atoms. The molecule has 5 nitrogen and oxygen atoms in total. The van der Waals surface area contributed by atoms with Crippen LogP contribution in [0.3, 0.4) is 0 Å². The number of hydrogen-bond donors (Lipinski definition) is 0. The first-order valence-corrected chi connectivity index (χ1v) is 7.51. The number of aromatic nitrogens is 2. The fraction of sp³-hybridized carbons (Fsp3) is 0.667. The Bertz CT molecular complexity index is 592. The number of rotatable bonds is 2. The Kier molecular flexibility index (Phi) is 3.59. The summed E-state index contributed by atoms with van der Waals surface area (Å²) in [6.07, 6.45) is 5.37. The molecular formula is C15H20N2O3. The summed E-state index contributed by atoms with van der Waals surface area (Å²) < 4.78 is 6.83. The second kappa shape index (κ2) is 5.38. The highest BCUT2D eigenvalue weighted by molar-refractivity contribution is 5.77. The molecule has 3 rings (SSSR count). The zero-order valence-electron chi connectivity index (χ0n) is 11.9. The molecule has 2 aliphatic rings. The highest BCUT2D eigenvalue weighted by Crippen LogP contribution is 2.28. The molecule has 1 aliphatic heterocycles. The van der Waals surface area contributed by atoms with Crippen LogP contribution in [0, 0.1) is 0 Å². The van der Waals surface area contributed by atoms with Crippen molar-refractivity contribution in [3.63, 3.8) is 0 Å². The molecular weight excluding hydrogens is 256 g/mol. The Hall–Kier alpha value is -1.65. The van der Waals surface area contributed by atoms with Gasteiger partial charge < -0.3 is 4.74 Å². The molecule has 0 aromatic carbocycles. The lowest BCUT2D eigenvalue weighted by Gasteiger charge is -2.27. The van der Waals surface area contributed by atoms with Crippen molar-refractivity contribution in [3.05, 3.63) is 27.4 Å². The van der Waals surface area contributed by atoms with Crippen molar-refractivity contribution in [3.8, 4) is 0 Å². The number of carbonyl (C=O) groups is 1. The van der Waals surface area contributed by atoms with Crippen molar-refractivity contribution in [2.24, 2.45) is 0 Å². The molecule has 1 aromatic heterocycles. The maximum Gasteiger partial charge on any atom is 0.316 e. The Morgan fingerprint density at radius 2 is 2.15 bits per heavy atom. The molecule has 20 heavy (non-hydrogen) atoms. The van der Waals surface area contributed by atoms with Crippen LogP contribution in [0.4, 0.5) is 0 Å². The minimum atomic E-state index is -0.372. The van der Waals surface area contributed by atoms with E-state index in [1.54, 1.807) is 11.5 Å². The standard InChI is InChI=1S/C15H20N2O3/c1-2-20-15(19)11-7-5-9-17-13(11)16-12-8-4-3-6-10(12)14(17)18/h11H,2-9H2,1H3. The van der Waals surface area contributed by atoms with Gasteiger partial charge in [0.05, 0.1) is 12.3 Å². The van der Waals surface area contributed by atoms with Crippen LogP contribution >= 0.6 is 0 Å². The minimum absolute atomic E-state index is 0.0682. The van der Waals surface area contributed by atoms with Crippen LogP contribution in [-0.4, -0.2) is 22.1 Å². The number of aryl methyl sites for hydroxylation is 1. The van der Waals surface area contributed by atoms with Crippen LogP contribution in [0.5, 0.6) is 0 Å². The van der Waals surface area contributed by atoms with E-state index in [4.69, 9.17) is 4.74 Å². The van der Waals surface area contributed by atoms with Crippen molar-refractivity contribution in [1.29, 1.82) is 0 Å². The number of esters is 1. The van der Waals surface area contributed by atoms with Crippen LogP contribution < -0.4 is 5.56 Å². The lowest BCUT2D eigenvalue weighted by molar-refractivity contribution is -0.145. The van der Waals surface area contributed by atoms with E-state index < -0.39 is 0 Å². The summed E-state index contributed by atoms with van der Waals surface area (Å²) in [6.45, 7) is 2.84. The van der Waals surface area contributed by atoms with Gasteiger partial charge in [-0.2, -0.15) is 0 Å². The third-order valence-corrected chi connectivity index (χ3v) is 4.23. The van der Waals surface area contributed by atoms with Gasteiger partial charge in [-0.15, -0.1) is 0 Å². The predicted octanol–water partition coefficient (Wildman–Crippen LogP) is 1.56. The van der Waals surface area contributed by atoms with Gasteiger partial charge in [-0.3, -0.25) is 14.2 Å². The first-order chi connectivity index (χ1) is 9.72. The summed E-state index contributed by atoms with van der Waals surface area (Å²) in [5.74, 6) is 0.00702. The molecule has 2 heterocycles. The summed E-state index contributed by atoms with van der Waals surface area (Å²) in [7, 11) is 0. The van der Waals surface area contributed by atoms with Gasteiger partial charge in [-0.05, 0) is 45.4 Å². The first kappa shape index (κ1) is 13.3. The van der Waals surface area contributed by atoms with Gasteiger partial charge >= 0.3 is 5.97 Å². The third kappa shape index (κ3) is 2.15. The topological polar surface area (TPSA) is 61.2 Å². The average molecular weight is 276 g/mol. The predicted molar refractivity (Wildman–Crippen MR) is 73.7 cm³/mol. The van der Waals surface area contributed by atoms with Crippen molar-refractivity contribution in [1.82, 2.24) is 9.55 Å². The van der Waals surface area contributed by atoms with Crippen LogP contribution in [-0.2, 0) is 28.9 Å². The molecule has 5 heteroatoms. The summed E-state index contributed by atoms with van der Waals surface area (Å²) in [6, 6.07) is 0. The highest BCUT2D eigenvalue weighted by Gasteiger charge is 2.32. The van der Waals surface area contributed by atoms with Crippen LogP contribution in [0.15, 0.2) is 4.79 Å². The Morgan fingerprint density at radius 3 is 2.95 bits per heavy atom. The monoisotopic (exact) mass is 276 g/mol. The summed E-state index contributed by atoms with van der Waals surface area (Å²) in [4.78, 5) is 29.3. The molecule has 0 radical (unpaired) electrons. The van der Waals surface area contributed by atoms with E-state index in [1.807, 2.05) is 0 Å². The Labute approximate surface area is 118 Å². The van der Waals surface area contributed by atoms with Gasteiger partial charge in [0, 0.05) is 12.1 Å².